The van der Waals surface area contributed by atoms with Gasteiger partial charge in [0.25, 0.3) is 0 Å². The Morgan fingerprint density at radius 2 is 1.70 bits per heavy atom. The molecule has 1 heterocycles. The van der Waals surface area contributed by atoms with Gasteiger partial charge < -0.3 is 14.2 Å². The fourth-order valence-electron chi connectivity index (χ4n) is 6.16. The Balaban J connectivity index is 1.27. The summed E-state index contributed by atoms with van der Waals surface area (Å²) in [5, 5.41) is 0. The first-order chi connectivity index (χ1) is 16.1. The van der Waals surface area contributed by atoms with E-state index in [1.807, 2.05) is 19.1 Å². The summed E-state index contributed by atoms with van der Waals surface area (Å²) in [6.07, 6.45) is 18.1. The van der Waals surface area contributed by atoms with Crippen LogP contribution < -0.4 is 0 Å². The molecule has 1 saturated heterocycles. The Kier molecular flexibility index (Phi) is 8.29. The largest absolute Gasteiger partial charge is 0.433 e. The minimum absolute atomic E-state index is 0.101. The molecule has 4 nitrogen and oxygen atoms in total. The molecule has 0 amide bonds. The minimum atomic E-state index is -0.607. The number of hydrogen-bond acceptors (Lipinski definition) is 4. The van der Waals surface area contributed by atoms with Crippen molar-refractivity contribution in [1.29, 1.82) is 0 Å². The van der Waals surface area contributed by atoms with Gasteiger partial charge in [0.1, 0.15) is 12.7 Å². The molecule has 0 spiro atoms. The van der Waals surface area contributed by atoms with E-state index in [4.69, 9.17) is 14.2 Å². The number of fused-ring (bicyclic) bond motifs is 3. The van der Waals surface area contributed by atoms with Crippen LogP contribution >= 0.6 is 0 Å². The number of esters is 1. The quantitative estimate of drug-likeness (QED) is 0.213. The summed E-state index contributed by atoms with van der Waals surface area (Å²) in [6, 6.07) is 9.11. The lowest BCUT2D eigenvalue weighted by Crippen LogP contribution is -2.44. The fourth-order valence-corrected chi connectivity index (χ4v) is 6.16. The predicted octanol–water partition coefficient (Wildman–Crippen LogP) is 7.17. The lowest BCUT2D eigenvalue weighted by atomic mass is 9.51. The Hall–Kier alpha value is -1.65. The maximum atomic E-state index is 11.9. The molecule has 3 aliphatic carbocycles. The van der Waals surface area contributed by atoms with Crippen molar-refractivity contribution in [2.45, 2.75) is 109 Å². The molecular weight excluding hydrogens is 412 g/mol. The molecule has 1 aliphatic heterocycles. The van der Waals surface area contributed by atoms with Crippen LogP contribution in [-0.2, 0) is 24.4 Å². The average molecular weight is 455 g/mol. The summed E-state index contributed by atoms with van der Waals surface area (Å²) in [7, 11) is 0. The van der Waals surface area contributed by atoms with Gasteiger partial charge in [0.2, 0.25) is 6.29 Å². The molecule has 0 N–H and O–H groups in total. The van der Waals surface area contributed by atoms with E-state index in [-0.39, 0.29) is 25.1 Å². The van der Waals surface area contributed by atoms with Crippen LogP contribution in [0, 0.1) is 5.41 Å². The van der Waals surface area contributed by atoms with Crippen molar-refractivity contribution < 1.29 is 19.0 Å². The predicted molar refractivity (Wildman–Crippen MR) is 131 cm³/mol. The summed E-state index contributed by atoms with van der Waals surface area (Å²) >= 11 is 0. The highest BCUT2D eigenvalue weighted by Crippen LogP contribution is 2.59. The molecule has 4 fully saturated rings. The van der Waals surface area contributed by atoms with E-state index < -0.39 is 6.29 Å². The first kappa shape index (κ1) is 24.5. The summed E-state index contributed by atoms with van der Waals surface area (Å²) in [4.78, 5) is 11.9. The SMILES string of the molecule is CCC=CCC(=O)O[C@H]1CO[C@H](c2ccc(C34CCC(CCCCC)(CC3)CC4)cc2)CO1. The van der Waals surface area contributed by atoms with E-state index in [9.17, 15) is 4.79 Å². The van der Waals surface area contributed by atoms with Crippen LogP contribution in [0.25, 0.3) is 0 Å². The van der Waals surface area contributed by atoms with E-state index in [1.54, 1.807) is 0 Å². The molecule has 182 valence electrons. The number of allylic oxidation sites excluding steroid dienone is 1. The highest BCUT2D eigenvalue weighted by Gasteiger charge is 2.48. The van der Waals surface area contributed by atoms with Gasteiger partial charge in [-0.15, -0.1) is 0 Å². The van der Waals surface area contributed by atoms with Gasteiger partial charge in [-0.1, -0.05) is 69.5 Å². The lowest BCUT2D eigenvalue weighted by Gasteiger charge is -2.54. The van der Waals surface area contributed by atoms with Crippen molar-refractivity contribution in [3.8, 4) is 0 Å². The molecule has 0 radical (unpaired) electrons. The molecule has 0 unspecified atom stereocenters. The summed E-state index contributed by atoms with van der Waals surface area (Å²) in [5.74, 6) is -0.273. The third-order valence-corrected chi connectivity index (χ3v) is 8.42. The second-order valence-electron chi connectivity index (χ2n) is 10.5. The fraction of sp³-hybridized carbons (Fsp3) is 0.690. The van der Waals surface area contributed by atoms with Gasteiger partial charge in [0.15, 0.2) is 0 Å². The number of carbonyl (C=O) groups is 1. The summed E-state index contributed by atoms with van der Waals surface area (Å²) < 4.78 is 17.1. The van der Waals surface area contributed by atoms with Crippen molar-refractivity contribution in [3.63, 3.8) is 0 Å². The third-order valence-electron chi connectivity index (χ3n) is 8.42. The lowest BCUT2D eigenvalue weighted by molar-refractivity contribution is -0.232. The third kappa shape index (κ3) is 5.89. The molecule has 3 saturated carbocycles. The zero-order valence-electron chi connectivity index (χ0n) is 20.7. The summed E-state index contributed by atoms with van der Waals surface area (Å²) in [6.45, 7) is 5.03. The van der Waals surface area contributed by atoms with Crippen molar-refractivity contribution in [2.75, 3.05) is 13.2 Å². The first-order valence-corrected chi connectivity index (χ1v) is 13.3. The van der Waals surface area contributed by atoms with Crippen molar-refractivity contribution in [3.05, 3.63) is 47.5 Å². The molecule has 1 aromatic rings. The second-order valence-corrected chi connectivity index (χ2v) is 10.5. The molecule has 0 aromatic heterocycles. The number of benzene rings is 1. The zero-order chi connectivity index (χ0) is 23.2. The van der Waals surface area contributed by atoms with Gasteiger partial charge >= 0.3 is 5.97 Å². The van der Waals surface area contributed by atoms with Crippen LogP contribution in [0.3, 0.4) is 0 Å². The molecule has 33 heavy (non-hydrogen) atoms. The number of carbonyl (C=O) groups excluding carboxylic acids is 1. The van der Waals surface area contributed by atoms with Crippen LogP contribution in [0.15, 0.2) is 36.4 Å². The van der Waals surface area contributed by atoms with Crippen LogP contribution in [0.2, 0.25) is 0 Å². The standard InChI is InChI=1S/C29H42O4/c1-3-5-7-9-26(30)33-27-22-31-25(21-32-27)23-10-12-24(13-11-23)29-18-15-28(16-19-29,17-20-29)14-8-6-4-2/h5,7,10-13,25,27H,3-4,6,8-9,14-22H2,1-2H3/t25-,27-,28?,29?/m0/s1. The Bertz CT molecular complexity index is 764. The average Bonchev–Trinajstić information content (AvgIpc) is 2.86. The Morgan fingerprint density at radius 1 is 0.970 bits per heavy atom. The smallest absolute Gasteiger partial charge is 0.312 e. The number of rotatable bonds is 10. The Morgan fingerprint density at radius 3 is 2.30 bits per heavy atom. The van der Waals surface area contributed by atoms with E-state index in [0.717, 1.165) is 12.0 Å². The normalized spacial score (nSPS) is 31.7. The van der Waals surface area contributed by atoms with Crippen molar-refractivity contribution in [1.82, 2.24) is 0 Å². The second kappa shape index (κ2) is 11.2. The molecule has 1 aromatic carbocycles. The summed E-state index contributed by atoms with van der Waals surface area (Å²) in [5.41, 5.74) is 3.69. The molecule has 4 heteroatoms. The van der Waals surface area contributed by atoms with Crippen molar-refractivity contribution >= 4 is 5.97 Å². The zero-order valence-corrected chi connectivity index (χ0v) is 20.7. The maximum Gasteiger partial charge on any atom is 0.312 e. The molecule has 4 aliphatic rings. The van der Waals surface area contributed by atoms with Crippen LogP contribution in [0.4, 0.5) is 0 Å². The minimum Gasteiger partial charge on any atom is -0.433 e. The number of hydrogen-bond donors (Lipinski definition) is 0. The molecular formula is C29H42O4. The Labute approximate surface area is 200 Å². The monoisotopic (exact) mass is 454 g/mol. The first-order valence-electron chi connectivity index (χ1n) is 13.3. The van der Waals surface area contributed by atoms with Gasteiger partial charge in [-0.3, -0.25) is 4.79 Å². The van der Waals surface area contributed by atoms with E-state index in [2.05, 4.69) is 31.2 Å². The highest BCUT2D eigenvalue weighted by atomic mass is 16.7. The molecule has 2 bridgehead atoms. The van der Waals surface area contributed by atoms with Crippen molar-refractivity contribution in [2.24, 2.45) is 5.41 Å². The molecule has 5 rings (SSSR count). The van der Waals surface area contributed by atoms with Gasteiger partial charge in [-0.25, -0.2) is 0 Å². The topological polar surface area (TPSA) is 44.8 Å². The van der Waals surface area contributed by atoms with Gasteiger partial charge in [-0.05, 0) is 73.3 Å². The molecule has 2 atom stereocenters. The highest BCUT2D eigenvalue weighted by molar-refractivity contribution is 5.71. The van der Waals surface area contributed by atoms with Gasteiger partial charge in [0.05, 0.1) is 13.0 Å². The maximum absolute atomic E-state index is 11.9. The van der Waals surface area contributed by atoms with Crippen LogP contribution in [-0.4, -0.2) is 25.5 Å². The number of ether oxygens (including phenoxy) is 3. The van der Waals surface area contributed by atoms with Gasteiger partial charge in [-0.2, -0.15) is 0 Å². The number of unbranched alkanes of at least 4 members (excludes halogenated alkanes) is 2. The van der Waals surface area contributed by atoms with Crippen LogP contribution in [0.1, 0.15) is 108 Å². The van der Waals surface area contributed by atoms with E-state index >= 15 is 0 Å². The van der Waals surface area contributed by atoms with Gasteiger partial charge in [0, 0.05) is 0 Å². The van der Waals surface area contributed by atoms with Crippen LogP contribution in [0.5, 0.6) is 0 Å². The van der Waals surface area contributed by atoms with E-state index in [1.165, 1.54) is 69.8 Å². The van der Waals surface area contributed by atoms with E-state index in [0.29, 0.717) is 17.4 Å².